The van der Waals surface area contributed by atoms with Crippen LogP contribution in [0.3, 0.4) is 0 Å². The fraction of sp³-hybridized carbons (Fsp3) is 0.292. The van der Waals surface area contributed by atoms with E-state index in [2.05, 4.69) is 25.7 Å². The predicted octanol–water partition coefficient (Wildman–Crippen LogP) is 3.78. The van der Waals surface area contributed by atoms with Crippen LogP contribution in [0.1, 0.15) is 36.3 Å². The lowest BCUT2D eigenvalue weighted by molar-refractivity contribution is 0.0930. The van der Waals surface area contributed by atoms with Gasteiger partial charge in [0.2, 0.25) is 5.82 Å². The fourth-order valence-corrected chi connectivity index (χ4v) is 3.53. The molecule has 1 unspecified atom stereocenters. The maximum atomic E-state index is 12.9. The third-order valence-corrected chi connectivity index (χ3v) is 5.09. The van der Waals surface area contributed by atoms with E-state index in [1.807, 2.05) is 57.3 Å². The van der Waals surface area contributed by atoms with Gasteiger partial charge in [-0.3, -0.25) is 9.78 Å². The van der Waals surface area contributed by atoms with Crippen LogP contribution in [0.4, 0.5) is 11.5 Å². The van der Waals surface area contributed by atoms with Crippen molar-refractivity contribution < 1.29 is 9.53 Å². The molecule has 9 heteroatoms. The summed E-state index contributed by atoms with van der Waals surface area (Å²) in [7, 11) is 0. The third kappa shape index (κ3) is 4.98. The molecule has 170 valence electrons. The minimum absolute atomic E-state index is 0.0101. The molecule has 1 amide bonds. The van der Waals surface area contributed by atoms with Crippen LogP contribution in [-0.2, 0) is 4.74 Å². The first-order valence-electron chi connectivity index (χ1n) is 11.1. The molecular weight excluding hydrogens is 418 g/mol. The van der Waals surface area contributed by atoms with Gasteiger partial charge in [-0.1, -0.05) is 19.9 Å². The van der Waals surface area contributed by atoms with Crippen LogP contribution < -0.4 is 10.6 Å². The van der Waals surface area contributed by atoms with Crippen molar-refractivity contribution in [2.24, 2.45) is 0 Å². The molecule has 2 N–H and O–H groups in total. The summed E-state index contributed by atoms with van der Waals surface area (Å²) < 4.78 is 7.09. The summed E-state index contributed by atoms with van der Waals surface area (Å²) in [5, 5.41) is 10.9. The second-order valence-electron chi connectivity index (χ2n) is 7.37. The van der Waals surface area contributed by atoms with Crippen LogP contribution in [0.25, 0.3) is 17.0 Å². The van der Waals surface area contributed by atoms with E-state index < -0.39 is 0 Å². The van der Waals surface area contributed by atoms with E-state index >= 15 is 0 Å². The summed E-state index contributed by atoms with van der Waals surface area (Å²) in [6, 6.07) is 11.3. The van der Waals surface area contributed by atoms with Gasteiger partial charge in [-0.05, 0) is 43.7 Å². The van der Waals surface area contributed by atoms with Gasteiger partial charge in [0.15, 0.2) is 5.82 Å². The number of pyridine rings is 2. The van der Waals surface area contributed by atoms with Crippen molar-refractivity contribution in [1.29, 1.82) is 0 Å². The number of aromatic nitrogens is 5. The molecule has 5 rings (SSSR count). The van der Waals surface area contributed by atoms with Gasteiger partial charge < -0.3 is 15.4 Å². The highest BCUT2D eigenvalue weighted by atomic mass is 16.5. The zero-order chi connectivity index (χ0) is 23.2. The number of anilines is 2. The first-order valence-corrected chi connectivity index (χ1v) is 11.1. The van der Waals surface area contributed by atoms with Gasteiger partial charge in [0.05, 0.1) is 23.9 Å². The number of hydrogen-bond donors (Lipinski definition) is 2. The Labute approximate surface area is 192 Å². The Morgan fingerprint density at radius 3 is 2.82 bits per heavy atom. The van der Waals surface area contributed by atoms with Crippen LogP contribution in [-0.4, -0.2) is 49.7 Å². The van der Waals surface area contributed by atoms with Crippen molar-refractivity contribution in [1.82, 2.24) is 29.9 Å². The van der Waals surface area contributed by atoms with Gasteiger partial charge >= 0.3 is 0 Å². The number of hydrogen-bond acceptors (Lipinski definition) is 7. The molecule has 9 nitrogen and oxygen atoms in total. The Kier molecular flexibility index (Phi) is 6.89. The van der Waals surface area contributed by atoms with Crippen molar-refractivity contribution in [2.45, 2.75) is 33.2 Å². The molecule has 0 spiro atoms. The van der Waals surface area contributed by atoms with Gasteiger partial charge in [0.1, 0.15) is 11.2 Å². The number of carbonyl (C=O) groups excluding carboxylic acids is 1. The van der Waals surface area contributed by atoms with E-state index in [-0.39, 0.29) is 11.9 Å². The average Bonchev–Trinajstić information content (AvgIpc) is 3.53. The zero-order valence-electron chi connectivity index (χ0n) is 18.9. The first kappa shape index (κ1) is 22.3. The molecular formula is C24H27N7O2. The Balaban J connectivity index is 0.00000126. The molecule has 1 aliphatic heterocycles. The summed E-state index contributed by atoms with van der Waals surface area (Å²) in [6.45, 7) is 7.11. The minimum atomic E-state index is -0.202. The fourth-order valence-electron chi connectivity index (χ4n) is 3.53. The van der Waals surface area contributed by atoms with Gasteiger partial charge in [-0.2, -0.15) is 0 Å². The van der Waals surface area contributed by atoms with Crippen LogP contribution >= 0.6 is 0 Å². The summed E-state index contributed by atoms with van der Waals surface area (Å²) in [5.74, 6) is 0.855. The van der Waals surface area contributed by atoms with E-state index in [4.69, 9.17) is 9.72 Å². The normalized spacial score (nSPS) is 15.1. The van der Waals surface area contributed by atoms with Gasteiger partial charge in [-0.25, -0.2) is 14.5 Å². The van der Waals surface area contributed by atoms with Crippen molar-refractivity contribution in [3.05, 3.63) is 66.2 Å². The van der Waals surface area contributed by atoms with E-state index in [1.165, 1.54) is 0 Å². The van der Waals surface area contributed by atoms with Gasteiger partial charge in [0, 0.05) is 30.9 Å². The van der Waals surface area contributed by atoms with Crippen LogP contribution in [0, 0.1) is 6.92 Å². The highest BCUT2D eigenvalue weighted by Crippen LogP contribution is 2.25. The third-order valence-electron chi connectivity index (χ3n) is 5.09. The Morgan fingerprint density at radius 2 is 2.03 bits per heavy atom. The second kappa shape index (κ2) is 10.2. The molecule has 1 saturated heterocycles. The molecule has 0 saturated carbocycles. The van der Waals surface area contributed by atoms with Crippen LogP contribution in [0.15, 0.2) is 55.0 Å². The summed E-state index contributed by atoms with van der Waals surface area (Å²) >= 11 is 0. The van der Waals surface area contributed by atoms with Crippen molar-refractivity contribution in [3.63, 3.8) is 0 Å². The lowest BCUT2D eigenvalue weighted by Crippen LogP contribution is -2.35. The zero-order valence-corrected chi connectivity index (χ0v) is 18.9. The molecule has 1 atom stereocenters. The smallest absolute Gasteiger partial charge is 0.255 e. The molecule has 0 aromatic carbocycles. The summed E-state index contributed by atoms with van der Waals surface area (Å²) in [4.78, 5) is 26.2. The highest BCUT2D eigenvalue weighted by molar-refractivity contribution is 6.00. The summed E-state index contributed by atoms with van der Waals surface area (Å²) in [5.41, 5.74) is 3.38. The lowest BCUT2D eigenvalue weighted by atomic mass is 10.2. The Morgan fingerprint density at radius 1 is 1.15 bits per heavy atom. The second-order valence-corrected chi connectivity index (χ2v) is 7.37. The van der Waals surface area contributed by atoms with Crippen LogP contribution in [0.5, 0.6) is 0 Å². The number of nitrogens with one attached hydrogen (secondary N) is 2. The molecule has 1 aliphatic rings. The molecule has 0 bridgehead atoms. The number of carbonyl (C=O) groups is 1. The molecule has 4 aromatic heterocycles. The van der Waals surface area contributed by atoms with E-state index in [0.29, 0.717) is 41.8 Å². The first-order chi connectivity index (χ1) is 16.2. The SMILES string of the molecule is CC.Cc1cccc(-c2nc(Nc3ccncc3C(=O)NC3CCOC3)c3cccn3n2)n1. The molecule has 33 heavy (non-hydrogen) atoms. The van der Waals surface area contributed by atoms with Crippen molar-refractivity contribution >= 4 is 22.9 Å². The predicted molar refractivity (Wildman–Crippen MR) is 127 cm³/mol. The van der Waals surface area contributed by atoms with Crippen LogP contribution in [0.2, 0.25) is 0 Å². The quantitative estimate of drug-likeness (QED) is 0.481. The number of aryl methyl sites for hydroxylation is 1. The topological polar surface area (TPSA) is 106 Å². The standard InChI is InChI=1S/C22H21N7O2.C2H6/c1-14-4-2-5-18(24-14)20-27-21(19-6-3-10-29(19)28-20)26-17-7-9-23-12-16(17)22(30)25-15-8-11-31-13-15;1-2/h2-7,9-10,12,15H,8,11,13H2,1H3,(H,25,30)(H,23,26,27,28);1-2H3. The number of amides is 1. The van der Waals surface area contributed by atoms with E-state index in [0.717, 1.165) is 17.6 Å². The lowest BCUT2D eigenvalue weighted by Gasteiger charge is -2.15. The Hall–Kier alpha value is -3.85. The number of nitrogens with zero attached hydrogens (tertiary/aromatic N) is 5. The highest BCUT2D eigenvalue weighted by Gasteiger charge is 2.21. The largest absolute Gasteiger partial charge is 0.379 e. The van der Waals surface area contributed by atoms with Gasteiger partial charge in [0.25, 0.3) is 5.91 Å². The summed E-state index contributed by atoms with van der Waals surface area (Å²) in [6.07, 6.45) is 5.84. The number of rotatable bonds is 5. The average molecular weight is 446 g/mol. The minimum Gasteiger partial charge on any atom is -0.379 e. The van der Waals surface area contributed by atoms with Crippen molar-refractivity contribution in [2.75, 3.05) is 18.5 Å². The van der Waals surface area contributed by atoms with E-state index in [9.17, 15) is 4.79 Å². The van der Waals surface area contributed by atoms with Gasteiger partial charge in [-0.15, -0.1) is 5.10 Å². The Bertz CT molecular complexity index is 1250. The molecule has 1 fully saturated rings. The molecule has 0 radical (unpaired) electrons. The number of ether oxygens (including phenoxy) is 1. The van der Waals surface area contributed by atoms with Crippen molar-refractivity contribution in [3.8, 4) is 11.5 Å². The maximum Gasteiger partial charge on any atom is 0.255 e. The van der Waals surface area contributed by atoms with E-state index in [1.54, 1.807) is 23.0 Å². The maximum absolute atomic E-state index is 12.9. The molecule has 4 aromatic rings. The number of fused-ring (bicyclic) bond motifs is 1. The molecule has 5 heterocycles. The monoisotopic (exact) mass is 445 g/mol. The molecule has 0 aliphatic carbocycles.